The molecular formula is C36H31ClN2O5. The van der Waals surface area contributed by atoms with Crippen LogP contribution in [0.3, 0.4) is 0 Å². The molecule has 0 bridgehead atoms. The van der Waals surface area contributed by atoms with Gasteiger partial charge in [-0.25, -0.2) is 9.78 Å². The van der Waals surface area contributed by atoms with Crippen molar-refractivity contribution in [2.75, 3.05) is 4.90 Å². The number of esters is 1. The maximum Gasteiger partial charge on any atom is 0.339 e. The second-order valence-electron chi connectivity index (χ2n) is 11.6. The van der Waals surface area contributed by atoms with E-state index in [-0.39, 0.29) is 40.9 Å². The number of aryl methyl sites for hydroxylation is 2. The summed E-state index contributed by atoms with van der Waals surface area (Å²) in [7, 11) is 0. The molecule has 222 valence electrons. The number of pyridine rings is 1. The first-order valence-electron chi connectivity index (χ1n) is 14.6. The normalized spacial score (nSPS) is 20.1. The van der Waals surface area contributed by atoms with Gasteiger partial charge in [0.05, 0.1) is 34.3 Å². The quantitative estimate of drug-likeness (QED) is 0.0989. The summed E-state index contributed by atoms with van der Waals surface area (Å²) in [5.41, 5.74) is 4.58. The van der Waals surface area contributed by atoms with Crippen molar-refractivity contribution >= 4 is 51.8 Å². The zero-order chi connectivity index (χ0) is 31.3. The molecule has 6 rings (SSSR count). The fourth-order valence-corrected chi connectivity index (χ4v) is 6.29. The molecule has 4 atom stereocenters. The molecule has 4 aromatic rings. The van der Waals surface area contributed by atoms with E-state index in [1.54, 1.807) is 61.5 Å². The Morgan fingerprint density at radius 1 is 0.977 bits per heavy atom. The van der Waals surface area contributed by atoms with E-state index < -0.39 is 12.1 Å². The van der Waals surface area contributed by atoms with E-state index in [1.165, 1.54) is 4.90 Å². The van der Waals surface area contributed by atoms with Crippen LogP contribution in [0.2, 0.25) is 5.02 Å². The minimum Gasteiger partial charge on any atom is -0.451 e. The predicted octanol–water partition coefficient (Wildman–Crippen LogP) is 7.30. The number of aromatic nitrogens is 1. The number of hydrogen-bond acceptors (Lipinski definition) is 6. The molecule has 2 aliphatic rings. The fourth-order valence-electron chi connectivity index (χ4n) is 6.13. The van der Waals surface area contributed by atoms with Gasteiger partial charge in [-0.3, -0.25) is 19.3 Å². The number of carbonyl (C=O) groups is 4. The van der Waals surface area contributed by atoms with Gasteiger partial charge in [-0.15, -0.1) is 0 Å². The van der Waals surface area contributed by atoms with E-state index in [1.807, 2.05) is 45.1 Å². The molecule has 0 spiro atoms. The number of benzene rings is 3. The molecule has 1 aromatic heterocycles. The summed E-state index contributed by atoms with van der Waals surface area (Å²) < 4.78 is 5.68. The maximum atomic E-state index is 13.6. The van der Waals surface area contributed by atoms with Crippen LogP contribution in [0.15, 0.2) is 78.9 Å². The van der Waals surface area contributed by atoms with Gasteiger partial charge in [-0.05, 0) is 62.9 Å². The van der Waals surface area contributed by atoms with Crippen LogP contribution in [0.1, 0.15) is 52.1 Å². The Kier molecular flexibility index (Phi) is 7.68. The Bertz CT molecular complexity index is 1860. The topological polar surface area (TPSA) is 93.6 Å². The molecule has 8 heteroatoms. The average molecular weight is 607 g/mol. The van der Waals surface area contributed by atoms with Crippen LogP contribution in [0.5, 0.6) is 0 Å². The van der Waals surface area contributed by atoms with Gasteiger partial charge in [-0.1, -0.05) is 78.7 Å². The lowest BCUT2D eigenvalue weighted by atomic mass is 9.78. The van der Waals surface area contributed by atoms with Crippen molar-refractivity contribution in [3.8, 4) is 11.3 Å². The highest BCUT2D eigenvalue weighted by molar-refractivity contribution is 6.32. The number of anilines is 1. The van der Waals surface area contributed by atoms with Crippen LogP contribution >= 0.6 is 11.6 Å². The molecule has 0 N–H and O–H groups in total. The Hall–Kier alpha value is -4.62. The SMILES string of the molecule is Cc1ccc(C(=O)C(C)OC(=O)c2cc(-c3ccc(N4C(=O)C5CC=CC(C)C5C4=O)cc3)nc3c(C)c(Cl)ccc23)cc1. The second-order valence-corrected chi connectivity index (χ2v) is 12.0. The molecule has 0 saturated carbocycles. The number of fused-ring (bicyclic) bond motifs is 2. The summed E-state index contributed by atoms with van der Waals surface area (Å²) in [6.07, 6.45) is 3.53. The standard InChI is InChI=1S/C36H31ClN2O5/c1-19-8-10-24(11-9-19)33(40)22(4)44-36(43)28-18-30(38-32-21(3)29(37)17-16-26(28)32)23-12-14-25(15-13-23)39-34(41)27-7-5-6-20(2)31(27)35(39)42/h5-6,8-18,20,22,27,31H,7H2,1-4H3. The van der Waals surface area contributed by atoms with E-state index in [0.717, 1.165) is 5.56 Å². The highest BCUT2D eigenvalue weighted by Crippen LogP contribution is 2.41. The van der Waals surface area contributed by atoms with Gasteiger partial charge in [0.2, 0.25) is 17.6 Å². The zero-order valence-corrected chi connectivity index (χ0v) is 25.6. The van der Waals surface area contributed by atoms with Crippen molar-refractivity contribution in [2.24, 2.45) is 17.8 Å². The van der Waals surface area contributed by atoms with Gasteiger partial charge in [0.25, 0.3) is 0 Å². The molecule has 4 unspecified atom stereocenters. The Morgan fingerprint density at radius 3 is 2.36 bits per heavy atom. The number of rotatable bonds is 6. The zero-order valence-electron chi connectivity index (χ0n) is 24.8. The van der Waals surface area contributed by atoms with E-state index in [9.17, 15) is 19.2 Å². The van der Waals surface area contributed by atoms with Gasteiger partial charge >= 0.3 is 5.97 Å². The molecule has 2 heterocycles. The lowest BCUT2D eigenvalue weighted by molar-refractivity contribution is -0.122. The van der Waals surface area contributed by atoms with Crippen molar-refractivity contribution in [1.29, 1.82) is 0 Å². The van der Waals surface area contributed by atoms with Crippen LogP contribution in [0.4, 0.5) is 5.69 Å². The highest BCUT2D eigenvalue weighted by Gasteiger charge is 2.50. The molecule has 0 radical (unpaired) electrons. The van der Waals surface area contributed by atoms with Gasteiger partial charge in [0, 0.05) is 21.5 Å². The minimum atomic E-state index is -1.01. The lowest BCUT2D eigenvalue weighted by Crippen LogP contribution is -2.31. The second kappa shape index (κ2) is 11.5. The Labute approximate surface area is 260 Å². The molecule has 1 aliphatic heterocycles. The van der Waals surface area contributed by atoms with Gasteiger partial charge in [-0.2, -0.15) is 0 Å². The first-order chi connectivity index (χ1) is 21.0. The number of ketones is 1. The number of hydrogen-bond donors (Lipinski definition) is 0. The van der Waals surface area contributed by atoms with E-state index in [0.29, 0.717) is 50.4 Å². The maximum absolute atomic E-state index is 13.6. The van der Waals surface area contributed by atoms with Crippen molar-refractivity contribution in [3.05, 3.63) is 106 Å². The van der Waals surface area contributed by atoms with Gasteiger partial charge in [0.15, 0.2) is 6.10 Å². The summed E-state index contributed by atoms with van der Waals surface area (Å²) in [5.74, 6) is -2.03. The summed E-state index contributed by atoms with van der Waals surface area (Å²) in [6, 6.07) is 19.1. The van der Waals surface area contributed by atoms with Crippen LogP contribution < -0.4 is 4.90 Å². The van der Waals surface area contributed by atoms with E-state index in [4.69, 9.17) is 21.3 Å². The van der Waals surface area contributed by atoms with Crippen molar-refractivity contribution < 1.29 is 23.9 Å². The van der Waals surface area contributed by atoms with Crippen LogP contribution in [0.25, 0.3) is 22.2 Å². The number of imide groups is 1. The van der Waals surface area contributed by atoms with Crippen molar-refractivity contribution in [3.63, 3.8) is 0 Å². The number of amides is 2. The number of Topliss-reactive ketones (excluding diaryl/α,β-unsaturated/α-hetero) is 1. The first kappa shape index (κ1) is 29.5. The smallest absolute Gasteiger partial charge is 0.339 e. The van der Waals surface area contributed by atoms with Gasteiger partial charge in [0.1, 0.15) is 0 Å². The van der Waals surface area contributed by atoms with E-state index in [2.05, 4.69) is 0 Å². The lowest BCUT2D eigenvalue weighted by Gasteiger charge is -2.22. The molecule has 1 fully saturated rings. The first-order valence-corrected chi connectivity index (χ1v) is 15.0. The fraction of sp³-hybridized carbons (Fsp3) is 0.250. The largest absolute Gasteiger partial charge is 0.451 e. The summed E-state index contributed by atoms with van der Waals surface area (Å²) in [6.45, 7) is 7.27. The molecule has 1 saturated heterocycles. The van der Waals surface area contributed by atoms with Crippen molar-refractivity contribution in [1.82, 2.24) is 4.98 Å². The summed E-state index contributed by atoms with van der Waals surface area (Å²) >= 11 is 6.43. The highest BCUT2D eigenvalue weighted by atomic mass is 35.5. The number of carbonyl (C=O) groups excluding carboxylic acids is 4. The molecular weight excluding hydrogens is 576 g/mol. The molecule has 1 aliphatic carbocycles. The molecule has 7 nitrogen and oxygen atoms in total. The van der Waals surface area contributed by atoms with E-state index >= 15 is 0 Å². The Balaban J connectivity index is 1.33. The third kappa shape index (κ3) is 5.11. The minimum absolute atomic E-state index is 0.000541. The monoisotopic (exact) mass is 606 g/mol. The number of nitrogens with zero attached hydrogens (tertiary/aromatic N) is 2. The predicted molar refractivity (Wildman–Crippen MR) is 170 cm³/mol. The molecule has 3 aromatic carbocycles. The molecule has 2 amide bonds. The van der Waals surface area contributed by atoms with Crippen LogP contribution in [0, 0.1) is 31.6 Å². The van der Waals surface area contributed by atoms with Gasteiger partial charge < -0.3 is 4.74 Å². The number of allylic oxidation sites excluding steroid dienone is 2. The Morgan fingerprint density at radius 2 is 1.68 bits per heavy atom. The van der Waals surface area contributed by atoms with Crippen molar-refractivity contribution in [2.45, 2.75) is 40.2 Å². The third-order valence-corrected chi connectivity index (χ3v) is 9.08. The summed E-state index contributed by atoms with van der Waals surface area (Å²) in [4.78, 5) is 59.1. The third-order valence-electron chi connectivity index (χ3n) is 8.67. The molecule has 44 heavy (non-hydrogen) atoms. The number of halogens is 1. The summed E-state index contributed by atoms with van der Waals surface area (Å²) in [5, 5.41) is 1.04. The van der Waals surface area contributed by atoms with Crippen LogP contribution in [-0.4, -0.2) is 34.7 Å². The average Bonchev–Trinajstić information content (AvgIpc) is 3.28. The number of ether oxygens (including phenoxy) is 1. The van der Waals surface area contributed by atoms with Crippen LogP contribution in [-0.2, 0) is 14.3 Å².